The number of likely N-dealkylation sites (tertiary alicyclic amines) is 1. The van der Waals surface area contributed by atoms with Gasteiger partial charge in [-0.2, -0.15) is 0 Å². The molecule has 1 aliphatic heterocycles. The summed E-state index contributed by atoms with van der Waals surface area (Å²) in [5.41, 5.74) is 9.95. The molecular weight excluding hydrogens is 863 g/mol. The van der Waals surface area contributed by atoms with E-state index < -0.39 is 29.5 Å². The van der Waals surface area contributed by atoms with Gasteiger partial charge in [-0.15, -0.1) is 11.3 Å². The van der Waals surface area contributed by atoms with E-state index in [1.807, 2.05) is 81.7 Å². The van der Waals surface area contributed by atoms with Crippen molar-refractivity contribution in [3.63, 3.8) is 0 Å². The number of benzene rings is 4. The first-order valence-corrected chi connectivity index (χ1v) is 24.0. The summed E-state index contributed by atoms with van der Waals surface area (Å²) in [7, 11) is 1.75. The van der Waals surface area contributed by atoms with Crippen LogP contribution in [0.5, 0.6) is 5.75 Å². The first kappa shape index (κ1) is 50.3. The highest BCUT2D eigenvalue weighted by Gasteiger charge is 2.44. The van der Waals surface area contributed by atoms with E-state index in [9.17, 15) is 24.3 Å². The third-order valence-corrected chi connectivity index (χ3v) is 12.9. The lowest BCUT2D eigenvalue weighted by molar-refractivity contribution is -0.144. The van der Waals surface area contributed by atoms with E-state index in [2.05, 4.69) is 83.2 Å². The first-order valence-electron chi connectivity index (χ1n) is 23.2. The van der Waals surface area contributed by atoms with Crippen molar-refractivity contribution in [3.8, 4) is 16.2 Å². The highest BCUT2D eigenvalue weighted by atomic mass is 32.1. The van der Waals surface area contributed by atoms with Crippen LogP contribution in [-0.4, -0.2) is 102 Å². The molecule has 1 aromatic heterocycles. The van der Waals surface area contributed by atoms with Gasteiger partial charge in [0.2, 0.25) is 23.6 Å². The van der Waals surface area contributed by atoms with Crippen LogP contribution >= 0.6 is 11.3 Å². The van der Waals surface area contributed by atoms with Crippen LogP contribution < -0.4 is 15.4 Å². The van der Waals surface area contributed by atoms with Crippen LogP contribution in [0.25, 0.3) is 21.6 Å². The van der Waals surface area contributed by atoms with Crippen molar-refractivity contribution in [1.82, 2.24) is 25.4 Å². The van der Waals surface area contributed by atoms with E-state index in [0.717, 1.165) is 45.0 Å². The number of thiazole rings is 1. The molecule has 0 bridgehead atoms. The van der Waals surface area contributed by atoms with Crippen LogP contribution in [0.1, 0.15) is 87.7 Å². The highest BCUT2D eigenvalue weighted by Crippen LogP contribution is 2.35. The number of hydrogen-bond acceptors (Lipinski definition) is 9. The Morgan fingerprint density at radius 1 is 0.866 bits per heavy atom. The monoisotopic (exact) mass is 927 g/mol. The Morgan fingerprint density at radius 3 is 2.15 bits per heavy atom. The summed E-state index contributed by atoms with van der Waals surface area (Å²) >= 11 is 1.57. The number of aliphatic hydroxyl groups excluding tert-OH is 1. The number of rotatable bonds is 21. The maximum absolute atomic E-state index is 14.0. The van der Waals surface area contributed by atoms with Crippen LogP contribution in [0.4, 0.5) is 0 Å². The van der Waals surface area contributed by atoms with Crippen molar-refractivity contribution in [2.24, 2.45) is 5.41 Å². The SMILES string of the molecule is CC/C(=C(\c1ccccc1)c1ccc(OCCN(C)C(=O)CCCOCCC(=O)N[C@H](C(=O)N2C[C@H](O)C[C@H]2C(=O)NCc2ccc(-c3scnc3C)cc2)C(C)(C)C)cc1)c1ccccc1. The lowest BCUT2D eigenvalue weighted by atomic mass is 9.85. The topological polar surface area (TPSA) is 150 Å². The number of ether oxygens (including phenoxy) is 2. The lowest BCUT2D eigenvalue weighted by Gasteiger charge is -2.35. The maximum atomic E-state index is 14.0. The minimum absolute atomic E-state index is 0.00981. The Kier molecular flexibility index (Phi) is 18.0. The summed E-state index contributed by atoms with van der Waals surface area (Å²) in [5, 5.41) is 16.4. The second-order valence-electron chi connectivity index (χ2n) is 18.0. The fourth-order valence-electron chi connectivity index (χ4n) is 8.22. The van der Waals surface area contributed by atoms with Crippen molar-refractivity contribution in [3.05, 3.63) is 143 Å². The quantitative estimate of drug-likeness (QED) is 0.0492. The first-order chi connectivity index (χ1) is 32.2. The third-order valence-electron chi connectivity index (χ3n) is 12.0. The van der Waals surface area contributed by atoms with Gasteiger partial charge < -0.3 is 35.0 Å². The molecule has 13 heteroatoms. The van der Waals surface area contributed by atoms with Crippen LogP contribution in [-0.2, 0) is 30.5 Å². The molecular formula is C54H65N5O7S. The molecule has 12 nitrogen and oxygen atoms in total. The summed E-state index contributed by atoms with van der Waals surface area (Å²) in [5.74, 6) is -0.474. The molecule has 3 atom stereocenters. The van der Waals surface area contributed by atoms with Crippen molar-refractivity contribution < 1.29 is 33.8 Å². The van der Waals surface area contributed by atoms with Gasteiger partial charge in [0.15, 0.2) is 0 Å². The van der Waals surface area contributed by atoms with Crippen LogP contribution in [0, 0.1) is 12.3 Å². The Morgan fingerprint density at radius 2 is 1.52 bits per heavy atom. The van der Waals surface area contributed by atoms with Gasteiger partial charge >= 0.3 is 0 Å². The Labute approximate surface area is 399 Å². The number of β-amino-alcohol motifs (C(OH)–C–C–N with tert-alkyl or cyclic N) is 1. The number of carbonyl (C=O) groups is 4. The minimum atomic E-state index is -0.941. The predicted molar refractivity (Wildman–Crippen MR) is 265 cm³/mol. The molecule has 2 heterocycles. The predicted octanol–water partition coefficient (Wildman–Crippen LogP) is 8.32. The molecule has 0 spiro atoms. The fourth-order valence-corrected chi connectivity index (χ4v) is 9.04. The van der Waals surface area contributed by atoms with Crippen LogP contribution in [0.15, 0.2) is 115 Å². The fraction of sp³-hybridized carbons (Fsp3) is 0.389. The van der Waals surface area contributed by atoms with Gasteiger partial charge in [-0.3, -0.25) is 19.2 Å². The number of aliphatic hydroxyl groups is 1. The molecule has 4 amide bonds. The average Bonchev–Trinajstić information content (AvgIpc) is 3.95. The van der Waals surface area contributed by atoms with E-state index in [0.29, 0.717) is 26.2 Å². The molecule has 3 N–H and O–H groups in total. The van der Waals surface area contributed by atoms with Gasteiger partial charge in [0.05, 0.1) is 35.3 Å². The van der Waals surface area contributed by atoms with E-state index in [4.69, 9.17) is 9.47 Å². The van der Waals surface area contributed by atoms with Crippen molar-refractivity contribution in [2.75, 3.05) is 40.0 Å². The maximum Gasteiger partial charge on any atom is 0.246 e. The molecule has 0 radical (unpaired) electrons. The lowest BCUT2D eigenvalue weighted by Crippen LogP contribution is -2.57. The molecule has 1 fully saturated rings. The van der Waals surface area contributed by atoms with Crippen molar-refractivity contribution >= 4 is 46.1 Å². The average molecular weight is 928 g/mol. The van der Waals surface area contributed by atoms with Gasteiger partial charge in [0.25, 0.3) is 0 Å². The second kappa shape index (κ2) is 24.0. The zero-order chi connectivity index (χ0) is 47.9. The van der Waals surface area contributed by atoms with E-state index >= 15 is 0 Å². The number of allylic oxidation sites excluding steroid dienone is 1. The standard InChI is InChI=1S/C54H65N5O7S/c1-7-45(39-15-10-8-11-16-39)49(40-17-12-9-13-18-40)41-24-26-44(27-25-41)66-32-29-58(6)48(62)19-14-30-65-31-28-47(61)57-51(54(3,4)5)53(64)59-35-43(60)33-46(59)52(63)55-34-38-20-22-42(23-21-38)50-37(2)56-36-67-50/h8-13,15-18,20-27,36,43,46,51,60H,7,14,19,28-35H2,1-6H3,(H,55,63)(H,57,61)/b49-45-/t43-,46+,51-/m1/s1. The van der Waals surface area contributed by atoms with Gasteiger partial charge in [0.1, 0.15) is 24.4 Å². The molecule has 1 saturated heterocycles. The molecule has 0 saturated carbocycles. The summed E-state index contributed by atoms with van der Waals surface area (Å²) in [6, 6.07) is 35.1. The van der Waals surface area contributed by atoms with E-state index in [1.165, 1.54) is 21.6 Å². The Bertz CT molecular complexity index is 2430. The molecule has 354 valence electrons. The van der Waals surface area contributed by atoms with Gasteiger partial charge in [-0.05, 0) is 76.3 Å². The highest BCUT2D eigenvalue weighted by molar-refractivity contribution is 7.13. The van der Waals surface area contributed by atoms with Gasteiger partial charge in [0, 0.05) is 46.0 Å². The largest absolute Gasteiger partial charge is 0.492 e. The number of carbonyl (C=O) groups excluding carboxylic acids is 4. The Balaban J connectivity index is 0.900. The molecule has 5 aromatic rings. The third kappa shape index (κ3) is 13.9. The van der Waals surface area contributed by atoms with Crippen LogP contribution in [0.2, 0.25) is 0 Å². The Hall–Kier alpha value is -6.15. The number of nitrogens with one attached hydrogen (secondary N) is 2. The number of aryl methyl sites for hydroxylation is 1. The smallest absolute Gasteiger partial charge is 0.246 e. The minimum Gasteiger partial charge on any atom is -0.492 e. The number of hydrogen-bond donors (Lipinski definition) is 3. The van der Waals surface area contributed by atoms with E-state index in [1.54, 1.807) is 23.3 Å². The van der Waals surface area contributed by atoms with Gasteiger partial charge in [-0.1, -0.05) is 125 Å². The molecule has 0 aliphatic carbocycles. The summed E-state index contributed by atoms with van der Waals surface area (Å²) in [6.07, 6.45) is 0.884. The van der Waals surface area contributed by atoms with Crippen molar-refractivity contribution in [1.29, 1.82) is 0 Å². The summed E-state index contributed by atoms with van der Waals surface area (Å²) in [4.78, 5) is 61.9. The molecule has 0 unspecified atom stereocenters. The number of amides is 4. The molecule has 1 aliphatic rings. The number of aromatic nitrogens is 1. The zero-order valence-electron chi connectivity index (χ0n) is 39.6. The normalized spacial score (nSPS) is 15.7. The number of nitrogens with zero attached hydrogens (tertiary/aromatic N) is 3. The van der Waals surface area contributed by atoms with Gasteiger partial charge in [-0.25, -0.2) is 4.98 Å². The zero-order valence-corrected chi connectivity index (χ0v) is 40.4. The summed E-state index contributed by atoms with van der Waals surface area (Å²) in [6.45, 7) is 11.1. The van der Waals surface area contributed by atoms with Crippen LogP contribution in [0.3, 0.4) is 0 Å². The van der Waals surface area contributed by atoms with E-state index in [-0.39, 0.29) is 56.7 Å². The molecule has 4 aromatic carbocycles. The van der Waals surface area contributed by atoms with Crippen molar-refractivity contribution in [2.45, 2.75) is 91.5 Å². The molecule has 67 heavy (non-hydrogen) atoms. The second-order valence-corrected chi connectivity index (χ2v) is 18.9. The molecule has 6 rings (SSSR count). The number of likely N-dealkylation sites (N-methyl/N-ethyl adjacent to an activating group) is 1. The summed E-state index contributed by atoms with van der Waals surface area (Å²) < 4.78 is 11.8.